The van der Waals surface area contributed by atoms with E-state index in [0.29, 0.717) is 5.92 Å². The topological polar surface area (TPSA) is 26.0 Å². The summed E-state index contributed by atoms with van der Waals surface area (Å²) in [6, 6.07) is 5.79. The third-order valence-electron chi connectivity index (χ3n) is 2.08. The maximum atomic E-state index is 6.08. The maximum absolute atomic E-state index is 6.08. The minimum absolute atomic E-state index is 0.0584. The summed E-state index contributed by atoms with van der Waals surface area (Å²) in [6.45, 7) is 4.33. The van der Waals surface area contributed by atoms with E-state index in [0.717, 1.165) is 21.5 Å². The van der Waals surface area contributed by atoms with E-state index < -0.39 is 0 Å². The summed E-state index contributed by atoms with van der Waals surface area (Å²) in [4.78, 5) is 0. The van der Waals surface area contributed by atoms with E-state index in [1.165, 1.54) is 0 Å². The molecule has 1 nitrogen and oxygen atoms in total. The van der Waals surface area contributed by atoms with Crippen LogP contribution in [-0.2, 0) is 0 Å². The molecule has 0 fully saturated rings. The van der Waals surface area contributed by atoms with Crippen molar-refractivity contribution in [1.82, 2.24) is 0 Å². The Morgan fingerprint density at radius 2 is 2.07 bits per heavy atom. The summed E-state index contributed by atoms with van der Waals surface area (Å²) in [6.07, 6.45) is 0.971. The van der Waals surface area contributed by atoms with Crippen LogP contribution >= 0.6 is 27.5 Å². The van der Waals surface area contributed by atoms with E-state index >= 15 is 0 Å². The van der Waals surface area contributed by atoms with Crippen LogP contribution in [0.3, 0.4) is 0 Å². The first-order valence-electron chi connectivity index (χ1n) is 4.71. The van der Waals surface area contributed by atoms with Gasteiger partial charge in [-0.2, -0.15) is 0 Å². The molecule has 0 amide bonds. The van der Waals surface area contributed by atoms with Crippen molar-refractivity contribution in [3.05, 3.63) is 33.3 Å². The highest BCUT2D eigenvalue weighted by molar-refractivity contribution is 9.10. The second kappa shape index (κ2) is 5.15. The first kappa shape index (κ1) is 12.0. The largest absolute Gasteiger partial charge is 0.324 e. The van der Waals surface area contributed by atoms with Crippen molar-refractivity contribution in [2.75, 3.05) is 0 Å². The average molecular weight is 277 g/mol. The zero-order valence-corrected chi connectivity index (χ0v) is 10.8. The Hall–Kier alpha value is -0.0500. The standard InChI is InChI=1S/C11H15BrClN/c1-7(2)5-11(14)9-6-8(13)3-4-10(9)12/h3-4,6-7,11H,5,14H2,1-2H3. The minimum Gasteiger partial charge on any atom is -0.324 e. The van der Waals surface area contributed by atoms with Gasteiger partial charge in [0.2, 0.25) is 0 Å². The normalized spacial score (nSPS) is 13.3. The van der Waals surface area contributed by atoms with Gasteiger partial charge in [0.15, 0.2) is 0 Å². The van der Waals surface area contributed by atoms with Gasteiger partial charge in [-0.25, -0.2) is 0 Å². The third kappa shape index (κ3) is 3.26. The highest BCUT2D eigenvalue weighted by atomic mass is 79.9. The fourth-order valence-corrected chi connectivity index (χ4v) is 2.15. The Kier molecular flexibility index (Phi) is 4.42. The molecule has 1 unspecified atom stereocenters. The lowest BCUT2D eigenvalue weighted by atomic mass is 9.98. The minimum atomic E-state index is 0.0584. The lowest BCUT2D eigenvalue weighted by Gasteiger charge is -2.16. The summed E-state index contributed by atoms with van der Waals surface area (Å²) in [7, 11) is 0. The SMILES string of the molecule is CC(C)CC(N)c1cc(Cl)ccc1Br. The van der Waals surface area contributed by atoms with Crippen molar-refractivity contribution < 1.29 is 0 Å². The molecular weight excluding hydrogens is 261 g/mol. The van der Waals surface area contributed by atoms with Crippen LogP contribution in [0.2, 0.25) is 5.02 Å². The highest BCUT2D eigenvalue weighted by Gasteiger charge is 2.11. The van der Waals surface area contributed by atoms with Gasteiger partial charge in [0.25, 0.3) is 0 Å². The van der Waals surface area contributed by atoms with Crippen LogP contribution in [0.4, 0.5) is 0 Å². The first-order chi connectivity index (χ1) is 6.50. The van der Waals surface area contributed by atoms with Gasteiger partial charge < -0.3 is 5.73 Å². The molecule has 14 heavy (non-hydrogen) atoms. The summed E-state index contributed by atoms with van der Waals surface area (Å²) in [5.41, 5.74) is 7.17. The molecular formula is C11H15BrClN. The van der Waals surface area contributed by atoms with Gasteiger partial charge in [0.05, 0.1) is 0 Å². The van der Waals surface area contributed by atoms with Gasteiger partial charge in [0, 0.05) is 15.5 Å². The summed E-state index contributed by atoms with van der Waals surface area (Å²) < 4.78 is 1.04. The molecule has 1 atom stereocenters. The summed E-state index contributed by atoms with van der Waals surface area (Å²) in [5, 5.41) is 0.738. The van der Waals surface area contributed by atoms with Gasteiger partial charge in [-0.05, 0) is 36.1 Å². The second-order valence-electron chi connectivity index (χ2n) is 3.90. The van der Waals surface area contributed by atoms with Crippen molar-refractivity contribution in [2.24, 2.45) is 11.7 Å². The lowest BCUT2D eigenvalue weighted by molar-refractivity contribution is 0.509. The van der Waals surface area contributed by atoms with E-state index in [1.54, 1.807) is 0 Å². The van der Waals surface area contributed by atoms with Crippen LogP contribution < -0.4 is 5.73 Å². The molecule has 0 aliphatic heterocycles. The number of halogens is 2. The molecule has 0 spiro atoms. The van der Waals surface area contributed by atoms with Crippen molar-refractivity contribution in [3.8, 4) is 0 Å². The maximum Gasteiger partial charge on any atom is 0.0410 e. The molecule has 0 radical (unpaired) electrons. The number of nitrogens with two attached hydrogens (primary N) is 1. The molecule has 0 aliphatic rings. The molecule has 78 valence electrons. The van der Waals surface area contributed by atoms with Crippen molar-refractivity contribution >= 4 is 27.5 Å². The molecule has 1 rings (SSSR count). The van der Waals surface area contributed by atoms with Crippen molar-refractivity contribution in [3.63, 3.8) is 0 Å². The average Bonchev–Trinajstić information content (AvgIpc) is 2.08. The van der Waals surface area contributed by atoms with Crippen LogP contribution in [0.1, 0.15) is 31.9 Å². The fourth-order valence-electron chi connectivity index (χ4n) is 1.43. The van der Waals surface area contributed by atoms with Gasteiger partial charge in [-0.1, -0.05) is 41.4 Å². The molecule has 0 aliphatic carbocycles. The molecule has 0 heterocycles. The van der Waals surface area contributed by atoms with Crippen LogP contribution in [0, 0.1) is 5.92 Å². The Morgan fingerprint density at radius 3 is 2.64 bits per heavy atom. The van der Waals surface area contributed by atoms with Crippen LogP contribution in [-0.4, -0.2) is 0 Å². The Labute approximate surface area is 98.8 Å². The zero-order chi connectivity index (χ0) is 10.7. The predicted octanol–water partition coefficient (Wildman–Crippen LogP) is 4.15. The Morgan fingerprint density at radius 1 is 1.43 bits per heavy atom. The monoisotopic (exact) mass is 275 g/mol. The van der Waals surface area contributed by atoms with E-state index in [4.69, 9.17) is 17.3 Å². The van der Waals surface area contributed by atoms with Crippen LogP contribution in [0.25, 0.3) is 0 Å². The molecule has 2 N–H and O–H groups in total. The first-order valence-corrected chi connectivity index (χ1v) is 5.88. The molecule has 0 bridgehead atoms. The smallest absolute Gasteiger partial charge is 0.0410 e. The summed E-state index contributed by atoms with van der Waals surface area (Å²) >= 11 is 9.40. The van der Waals surface area contributed by atoms with Crippen molar-refractivity contribution in [2.45, 2.75) is 26.3 Å². The lowest BCUT2D eigenvalue weighted by Crippen LogP contribution is -2.13. The fraction of sp³-hybridized carbons (Fsp3) is 0.455. The van der Waals surface area contributed by atoms with Gasteiger partial charge in [0.1, 0.15) is 0 Å². The number of benzene rings is 1. The van der Waals surface area contributed by atoms with Gasteiger partial charge in [-0.15, -0.1) is 0 Å². The predicted molar refractivity (Wildman–Crippen MR) is 65.5 cm³/mol. The van der Waals surface area contributed by atoms with Gasteiger partial charge >= 0.3 is 0 Å². The highest BCUT2D eigenvalue weighted by Crippen LogP contribution is 2.28. The molecule has 0 aromatic heterocycles. The zero-order valence-electron chi connectivity index (χ0n) is 8.43. The van der Waals surface area contributed by atoms with Gasteiger partial charge in [-0.3, -0.25) is 0 Å². The van der Waals surface area contributed by atoms with E-state index in [2.05, 4.69) is 29.8 Å². The Balaban J connectivity index is 2.88. The summed E-state index contributed by atoms with van der Waals surface area (Å²) in [5.74, 6) is 0.593. The molecule has 3 heteroatoms. The van der Waals surface area contributed by atoms with Crippen molar-refractivity contribution in [1.29, 1.82) is 0 Å². The molecule has 0 saturated heterocycles. The van der Waals surface area contributed by atoms with E-state index in [-0.39, 0.29) is 6.04 Å². The van der Waals surface area contributed by atoms with Crippen LogP contribution in [0.15, 0.2) is 22.7 Å². The number of rotatable bonds is 3. The molecule has 1 aromatic carbocycles. The van der Waals surface area contributed by atoms with E-state index in [9.17, 15) is 0 Å². The number of hydrogen-bond donors (Lipinski definition) is 1. The van der Waals surface area contributed by atoms with E-state index in [1.807, 2.05) is 18.2 Å². The third-order valence-corrected chi connectivity index (χ3v) is 3.04. The Bertz CT molecular complexity index is 312. The van der Waals surface area contributed by atoms with Crippen LogP contribution in [0.5, 0.6) is 0 Å². The number of hydrogen-bond acceptors (Lipinski definition) is 1. The quantitative estimate of drug-likeness (QED) is 0.882. The second-order valence-corrected chi connectivity index (χ2v) is 5.19. The molecule has 0 saturated carbocycles. The molecule has 1 aromatic rings.